The van der Waals surface area contributed by atoms with Crippen molar-refractivity contribution in [2.75, 3.05) is 0 Å². The maximum Gasteiger partial charge on any atom is -0.0354 e. The van der Waals surface area contributed by atoms with Gasteiger partial charge in [-0.05, 0) is 24.2 Å². The molecule has 0 spiro atoms. The van der Waals surface area contributed by atoms with Gasteiger partial charge in [-0.1, -0.05) is 33.6 Å². The van der Waals surface area contributed by atoms with Gasteiger partial charge in [-0.25, -0.2) is 0 Å². The molecule has 0 atom stereocenters. The largest absolute Gasteiger partial charge is 0.255 e. The molecular weight excluding hydrogens is 140 g/mol. The maximum atomic E-state index is 6.00. The summed E-state index contributed by atoms with van der Waals surface area (Å²) in [4.78, 5) is 0. The second-order valence-electron chi connectivity index (χ2n) is 4.35. The molecule has 2 nitrogen and oxygen atoms in total. The fraction of sp³-hybridized carbons (Fsp3) is 1.00. The molecule has 0 amide bonds. The fourth-order valence-electron chi connectivity index (χ4n) is 1.54. The molecule has 1 aliphatic rings. The van der Waals surface area contributed by atoms with Crippen LogP contribution >= 0.6 is 0 Å². The Morgan fingerprint density at radius 3 is 1.73 bits per heavy atom. The SMILES string of the molecule is CC1CCC(C)(C)CC1.OO. The first-order chi connectivity index (χ1) is 5.10. The summed E-state index contributed by atoms with van der Waals surface area (Å²) in [5.74, 6) is 0.998. The monoisotopic (exact) mass is 160 g/mol. The van der Waals surface area contributed by atoms with E-state index in [0.29, 0.717) is 5.41 Å². The van der Waals surface area contributed by atoms with Gasteiger partial charge in [0, 0.05) is 0 Å². The first kappa shape index (κ1) is 10.9. The Morgan fingerprint density at radius 2 is 1.45 bits per heavy atom. The average Bonchev–Trinajstić information content (AvgIpc) is 2.00. The summed E-state index contributed by atoms with van der Waals surface area (Å²) in [6.07, 6.45) is 5.78. The number of hydrogen-bond acceptors (Lipinski definition) is 2. The molecule has 2 heteroatoms. The Labute approximate surface area is 69.2 Å². The average molecular weight is 160 g/mol. The molecule has 0 aliphatic heterocycles. The number of hydrogen-bond donors (Lipinski definition) is 2. The van der Waals surface area contributed by atoms with Crippen LogP contribution < -0.4 is 0 Å². The summed E-state index contributed by atoms with van der Waals surface area (Å²) >= 11 is 0. The quantitative estimate of drug-likeness (QED) is 0.422. The minimum absolute atomic E-state index is 0.659. The van der Waals surface area contributed by atoms with Gasteiger partial charge in [-0.15, -0.1) is 0 Å². The van der Waals surface area contributed by atoms with Crippen molar-refractivity contribution < 1.29 is 10.5 Å². The normalized spacial score (nSPS) is 23.7. The van der Waals surface area contributed by atoms with E-state index in [2.05, 4.69) is 20.8 Å². The van der Waals surface area contributed by atoms with Gasteiger partial charge in [0.05, 0.1) is 0 Å². The molecule has 0 aromatic heterocycles. The summed E-state index contributed by atoms with van der Waals surface area (Å²) in [6.45, 7) is 7.15. The third kappa shape index (κ3) is 4.38. The number of rotatable bonds is 0. The highest BCUT2D eigenvalue weighted by molar-refractivity contribution is 4.76. The Balaban J connectivity index is 0.000000461. The molecule has 0 radical (unpaired) electrons. The highest BCUT2D eigenvalue weighted by Crippen LogP contribution is 2.37. The van der Waals surface area contributed by atoms with Crippen LogP contribution in [-0.4, -0.2) is 10.5 Å². The van der Waals surface area contributed by atoms with Gasteiger partial charge < -0.3 is 0 Å². The smallest absolute Gasteiger partial charge is 0.0354 e. The van der Waals surface area contributed by atoms with Gasteiger partial charge in [0.25, 0.3) is 0 Å². The molecular formula is C9H20O2. The van der Waals surface area contributed by atoms with Crippen molar-refractivity contribution in [2.24, 2.45) is 11.3 Å². The van der Waals surface area contributed by atoms with Crippen LogP contribution in [-0.2, 0) is 0 Å². The molecule has 0 aromatic rings. The lowest BCUT2D eigenvalue weighted by atomic mass is 9.74. The van der Waals surface area contributed by atoms with Crippen molar-refractivity contribution in [1.82, 2.24) is 0 Å². The summed E-state index contributed by atoms with van der Waals surface area (Å²) in [5.41, 5.74) is 0.659. The van der Waals surface area contributed by atoms with E-state index in [0.717, 1.165) is 5.92 Å². The lowest BCUT2D eigenvalue weighted by molar-refractivity contribution is -0.176. The molecule has 0 heterocycles. The van der Waals surface area contributed by atoms with E-state index in [1.54, 1.807) is 0 Å². The van der Waals surface area contributed by atoms with Crippen LogP contribution in [0.15, 0.2) is 0 Å². The van der Waals surface area contributed by atoms with Crippen LogP contribution in [0.1, 0.15) is 46.5 Å². The summed E-state index contributed by atoms with van der Waals surface area (Å²) in [5, 5.41) is 12.0. The summed E-state index contributed by atoms with van der Waals surface area (Å²) in [6, 6.07) is 0. The lowest BCUT2D eigenvalue weighted by Gasteiger charge is -2.32. The van der Waals surface area contributed by atoms with E-state index in [-0.39, 0.29) is 0 Å². The van der Waals surface area contributed by atoms with Crippen LogP contribution in [0, 0.1) is 11.3 Å². The summed E-state index contributed by atoms with van der Waals surface area (Å²) < 4.78 is 0. The molecule has 68 valence electrons. The standard InChI is InChI=1S/C9H18.H2O2/c1-8-4-6-9(2,3)7-5-8;1-2/h8H,4-7H2,1-3H3;1-2H. The van der Waals surface area contributed by atoms with Gasteiger partial charge in [-0.2, -0.15) is 0 Å². The van der Waals surface area contributed by atoms with E-state index < -0.39 is 0 Å². The molecule has 0 unspecified atom stereocenters. The third-order valence-electron chi connectivity index (χ3n) is 2.63. The fourth-order valence-corrected chi connectivity index (χ4v) is 1.54. The van der Waals surface area contributed by atoms with Crippen molar-refractivity contribution in [3.05, 3.63) is 0 Å². The van der Waals surface area contributed by atoms with Crippen molar-refractivity contribution in [3.8, 4) is 0 Å². The third-order valence-corrected chi connectivity index (χ3v) is 2.63. The molecule has 1 aliphatic carbocycles. The molecule has 2 N–H and O–H groups in total. The van der Waals surface area contributed by atoms with Crippen LogP contribution in [0.4, 0.5) is 0 Å². The minimum atomic E-state index is 0.659. The Morgan fingerprint density at radius 1 is 1.09 bits per heavy atom. The van der Waals surface area contributed by atoms with E-state index in [9.17, 15) is 0 Å². The Kier molecular flexibility index (Phi) is 4.69. The van der Waals surface area contributed by atoms with Crippen molar-refractivity contribution in [3.63, 3.8) is 0 Å². The van der Waals surface area contributed by atoms with E-state index >= 15 is 0 Å². The zero-order valence-electron chi connectivity index (χ0n) is 7.80. The topological polar surface area (TPSA) is 40.5 Å². The van der Waals surface area contributed by atoms with E-state index in [4.69, 9.17) is 10.5 Å². The van der Waals surface area contributed by atoms with E-state index in [1.165, 1.54) is 25.7 Å². The van der Waals surface area contributed by atoms with Crippen molar-refractivity contribution >= 4 is 0 Å². The Bertz CT molecular complexity index is 89.7. The molecule has 11 heavy (non-hydrogen) atoms. The molecule has 1 rings (SSSR count). The molecule has 1 fully saturated rings. The lowest BCUT2D eigenvalue weighted by Crippen LogP contribution is -2.19. The van der Waals surface area contributed by atoms with Crippen LogP contribution in [0.2, 0.25) is 0 Å². The summed E-state index contributed by atoms with van der Waals surface area (Å²) in [7, 11) is 0. The van der Waals surface area contributed by atoms with Crippen LogP contribution in [0.5, 0.6) is 0 Å². The van der Waals surface area contributed by atoms with Crippen molar-refractivity contribution in [2.45, 2.75) is 46.5 Å². The van der Waals surface area contributed by atoms with Crippen LogP contribution in [0.25, 0.3) is 0 Å². The van der Waals surface area contributed by atoms with Gasteiger partial charge in [0.1, 0.15) is 0 Å². The Hall–Kier alpha value is -0.0800. The van der Waals surface area contributed by atoms with Crippen molar-refractivity contribution in [1.29, 1.82) is 0 Å². The van der Waals surface area contributed by atoms with Gasteiger partial charge in [0.2, 0.25) is 0 Å². The predicted octanol–water partition coefficient (Wildman–Crippen LogP) is 3.24. The molecule has 0 aromatic carbocycles. The molecule has 0 bridgehead atoms. The maximum absolute atomic E-state index is 6.00. The first-order valence-electron chi connectivity index (χ1n) is 4.30. The molecule has 0 saturated heterocycles. The zero-order valence-corrected chi connectivity index (χ0v) is 7.80. The van der Waals surface area contributed by atoms with Gasteiger partial charge in [0.15, 0.2) is 0 Å². The highest BCUT2D eigenvalue weighted by atomic mass is 17.0. The zero-order chi connectivity index (χ0) is 8.91. The predicted molar refractivity (Wildman–Crippen MR) is 46.7 cm³/mol. The molecule has 1 saturated carbocycles. The second-order valence-corrected chi connectivity index (χ2v) is 4.35. The van der Waals surface area contributed by atoms with Gasteiger partial charge >= 0.3 is 0 Å². The van der Waals surface area contributed by atoms with Crippen LogP contribution in [0.3, 0.4) is 0 Å². The second kappa shape index (κ2) is 4.73. The van der Waals surface area contributed by atoms with Gasteiger partial charge in [-0.3, -0.25) is 10.5 Å². The minimum Gasteiger partial charge on any atom is -0.255 e. The highest BCUT2D eigenvalue weighted by Gasteiger charge is 2.23. The van der Waals surface area contributed by atoms with E-state index in [1.807, 2.05) is 0 Å². The first-order valence-corrected chi connectivity index (χ1v) is 4.30.